The number of para-hydroxylation sites is 2. The van der Waals surface area contributed by atoms with Crippen LogP contribution in [-0.4, -0.2) is 29.3 Å². The number of nitrogens with zero attached hydrogens (tertiary/aromatic N) is 3. The van der Waals surface area contributed by atoms with Gasteiger partial charge in [-0.15, -0.1) is 5.10 Å². The summed E-state index contributed by atoms with van der Waals surface area (Å²) in [5.74, 6) is 0.0687. The van der Waals surface area contributed by atoms with E-state index in [2.05, 4.69) is 5.10 Å². The van der Waals surface area contributed by atoms with Gasteiger partial charge in [0.05, 0.1) is 19.1 Å². The van der Waals surface area contributed by atoms with Crippen molar-refractivity contribution in [2.24, 2.45) is 0 Å². The molecule has 128 valence electrons. The van der Waals surface area contributed by atoms with Gasteiger partial charge in [-0.1, -0.05) is 12.1 Å². The summed E-state index contributed by atoms with van der Waals surface area (Å²) >= 11 is 0. The predicted molar refractivity (Wildman–Crippen MR) is 87.5 cm³/mol. The Bertz CT molecular complexity index is 957. The van der Waals surface area contributed by atoms with E-state index < -0.39 is 11.8 Å². The molecule has 1 saturated heterocycles. The fourth-order valence-electron chi connectivity index (χ4n) is 2.97. The van der Waals surface area contributed by atoms with E-state index in [9.17, 15) is 9.59 Å². The first-order chi connectivity index (χ1) is 12.2. The maximum Gasteiger partial charge on any atom is 0.438 e. The summed E-state index contributed by atoms with van der Waals surface area (Å²) in [5, 5.41) is 4.12. The van der Waals surface area contributed by atoms with Crippen LogP contribution in [0.3, 0.4) is 0 Å². The van der Waals surface area contributed by atoms with E-state index in [4.69, 9.17) is 13.6 Å². The van der Waals surface area contributed by atoms with Gasteiger partial charge < -0.3 is 18.5 Å². The van der Waals surface area contributed by atoms with Crippen molar-refractivity contribution in [3.63, 3.8) is 0 Å². The molecule has 0 spiro atoms. The van der Waals surface area contributed by atoms with Crippen molar-refractivity contribution in [2.75, 3.05) is 18.6 Å². The second-order valence-corrected chi connectivity index (χ2v) is 5.56. The molecule has 8 heteroatoms. The lowest BCUT2D eigenvalue weighted by atomic mass is 10.2. The lowest BCUT2D eigenvalue weighted by Gasteiger charge is -2.19. The fourth-order valence-corrected chi connectivity index (χ4v) is 2.97. The third-order valence-corrected chi connectivity index (χ3v) is 4.15. The van der Waals surface area contributed by atoms with Gasteiger partial charge in [0.25, 0.3) is 11.8 Å². The van der Waals surface area contributed by atoms with Gasteiger partial charge in [-0.05, 0) is 30.7 Å². The summed E-state index contributed by atoms with van der Waals surface area (Å²) in [7, 11) is 1.55. The number of benzene rings is 1. The van der Waals surface area contributed by atoms with Crippen LogP contribution in [0, 0.1) is 0 Å². The Labute approximate surface area is 142 Å². The van der Waals surface area contributed by atoms with Crippen LogP contribution in [0.15, 0.2) is 56.3 Å². The summed E-state index contributed by atoms with van der Waals surface area (Å²) < 4.78 is 16.7. The van der Waals surface area contributed by atoms with Crippen LogP contribution in [0.1, 0.15) is 12.5 Å². The SMILES string of the molecule is COc1ccccc1N1CC[C@@H](n2nc(-c3ccco3)oc2=O)C1=O. The van der Waals surface area contributed by atoms with E-state index in [1.54, 1.807) is 36.3 Å². The van der Waals surface area contributed by atoms with Gasteiger partial charge >= 0.3 is 5.76 Å². The number of anilines is 1. The molecule has 3 aromatic rings. The quantitative estimate of drug-likeness (QED) is 0.722. The second-order valence-electron chi connectivity index (χ2n) is 5.56. The molecule has 0 saturated carbocycles. The van der Waals surface area contributed by atoms with Gasteiger partial charge in [0, 0.05) is 6.54 Å². The standard InChI is InChI=1S/C17H15N3O5/c1-23-13-6-3-2-5-11(13)19-9-8-12(16(19)21)20-17(22)25-15(18-20)14-7-4-10-24-14/h2-7,10,12H,8-9H2,1H3/t12-/m1/s1. The van der Waals surface area contributed by atoms with Gasteiger partial charge in [-0.2, -0.15) is 4.68 Å². The molecular weight excluding hydrogens is 326 g/mol. The molecule has 25 heavy (non-hydrogen) atoms. The first-order valence-electron chi connectivity index (χ1n) is 7.77. The van der Waals surface area contributed by atoms with E-state index in [-0.39, 0.29) is 11.8 Å². The highest BCUT2D eigenvalue weighted by Gasteiger charge is 2.37. The monoisotopic (exact) mass is 341 g/mol. The first kappa shape index (κ1) is 15.3. The smallest absolute Gasteiger partial charge is 0.438 e. The van der Waals surface area contributed by atoms with Gasteiger partial charge in [0.15, 0.2) is 5.76 Å². The third-order valence-electron chi connectivity index (χ3n) is 4.15. The lowest BCUT2D eigenvalue weighted by molar-refractivity contribution is -0.120. The topological polar surface area (TPSA) is 90.7 Å². The minimum absolute atomic E-state index is 0.0542. The van der Waals surface area contributed by atoms with Crippen molar-refractivity contribution in [2.45, 2.75) is 12.5 Å². The van der Waals surface area contributed by atoms with E-state index in [0.717, 1.165) is 4.68 Å². The lowest BCUT2D eigenvalue weighted by Crippen LogP contribution is -2.32. The fraction of sp³-hybridized carbons (Fsp3) is 0.235. The Morgan fingerprint density at radius 2 is 2.04 bits per heavy atom. The molecule has 1 atom stereocenters. The number of hydrogen-bond donors (Lipinski definition) is 0. The number of carbonyl (C=O) groups is 1. The molecule has 4 rings (SSSR count). The Morgan fingerprint density at radius 1 is 1.20 bits per heavy atom. The van der Waals surface area contributed by atoms with Crippen molar-refractivity contribution in [1.82, 2.24) is 9.78 Å². The summed E-state index contributed by atoms with van der Waals surface area (Å²) in [6.45, 7) is 0.458. The van der Waals surface area contributed by atoms with Crippen molar-refractivity contribution in [1.29, 1.82) is 0 Å². The number of amides is 1. The Hall–Kier alpha value is -3.29. The van der Waals surface area contributed by atoms with Crippen LogP contribution >= 0.6 is 0 Å². The van der Waals surface area contributed by atoms with Gasteiger partial charge in [0.2, 0.25) is 0 Å². The molecule has 1 aliphatic rings. The van der Waals surface area contributed by atoms with Crippen molar-refractivity contribution in [3.05, 3.63) is 53.2 Å². The molecular formula is C17H15N3O5. The summed E-state index contributed by atoms with van der Waals surface area (Å²) in [6.07, 6.45) is 1.90. The van der Waals surface area contributed by atoms with Crippen LogP contribution in [0.2, 0.25) is 0 Å². The van der Waals surface area contributed by atoms with E-state index >= 15 is 0 Å². The van der Waals surface area contributed by atoms with Crippen molar-refractivity contribution >= 4 is 11.6 Å². The third kappa shape index (κ3) is 2.51. The van der Waals surface area contributed by atoms with E-state index in [1.165, 1.54) is 6.26 Å². The van der Waals surface area contributed by atoms with Gasteiger partial charge in [-0.25, -0.2) is 4.79 Å². The zero-order valence-electron chi connectivity index (χ0n) is 13.4. The molecule has 3 heterocycles. The van der Waals surface area contributed by atoms with Crippen LogP contribution in [-0.2, 0) is 4.79 Å². The zero-order valence-corrected chi connectivity index (χ0v) is 13.4. The van der Waals surface area contributed by atoms with Crippen LogP contribution < -0.4 is 15.4 Å². The molecule has 0 bridgehead atoms. The van der Waals surface area contributed by atoms with E-state index in [0.29, 0.717) is 30.2 Å². The Morgan fingerprint density at radius 3 is 2.80 bits per heavy atom. The number of ether oxygens (including phenoxy) is 1. The highest BCUT2D eigenvalue weighted by atomic mass is 16.5. The molecule has 0 unspecified atom stereocenters. The average molecular weight is 341 g/mol. The largest absolute Gasteiger partial charge is 0.495 e. The summed E-state index contributed by atoms with van der Waals surface area (Å²) in [6, 6.07) is 9.83. The molecule has 1 aliphatic heterocycles. The van der Waals surface area contributed by atoms with Gasteiger partial charge in [-0.3, -0.25) is 4.79 Å². The molecule has 1 fully saturated rings. The minimum atomic E-state index is -0.718. The molecule has 0 aliphatic carbocycles. The van der Waals surface area contributed by atoms with Gasteiger partial charge in [0.1, 0.15) is 11.8 Å². The van der Waals surface area contributed by atoms with Crippen molar-refractivity contribution < 1.29 is 18.4 Å². The number of carbonyl (C=O) groups excluding carboxylic acids is 1. The average Bonchev–Trinajstić information content (AvgIpc) is 3.35. The summed E-state index contributed by atoms with van der Waals surface area (Å²) in [4.78, 5) is 26.6. The first-order valence-corrected chi connectivity index (χ1v) is 7.77. The highest BCUT2D eigenvalue weighted by molar-refractivity contribution is 5.99. The highest BCUT2D eigenvalue weighted by Crippen LogP contribution is 2.34. The molecule has 1 amide bonds. The molecule has 8 nitrogen and oxygen atoms in total. The normalized spacial score (nSPS) is 17.2. The zero-order chi connectivity index (χ0) is 17.4. The van der Waals surface area contributed by atoms with Crippen molar-refractivity contribution in [3.8, 4) is 17.4 Å². The Kier molecular flexibility index (Phi) is 3.64. The number of aromatic nitrogens is 2. The minimum Gasteiger partial charge on any atom is -0.495 e. The molecule has 0 N–H and O–H groups in total. The van der Waals surface area contributed by atoms with Crippen LogP contribution in [0.4, 0.5) is 5.69 Å². The second kappa shape index (κ2) is 5.97. The molecule has 0 radical (unpaired) electrons. The van der Waals surface area contributed by atoms with Crippen LogP contribution in [0.25, 0.3) is 11.7 Å². The molecule has 2 aromatic heterocycles. The number of hydrogen-bond acceptors (Lipinski definition) is 6. The number of methoxy groups -OCH3 is 1. The van der Waals surface area contributed by atoms with Crippen LogP contribution in [0.5, 0.6) is 5.75 Å². The Balaban J connectivity index is 1.66. The number of furan rings is 1. The molecule has 1 aromatic carbocycles. The maximum atomic E-state index is 12.8. The van der Waals surface area contributed by atoms with E-state index in [1.807, 2.05) is 12.1 Å². The number of rotatable bonds is 4. The predicted octanol–water partition coefficient (Wildman–Crippen LogP) is 2.08. The maximum absolute atomic E-state index is 12.8. The summed E-state index contributed by atoms with van der Waals surface area (Å²) in [5.41, 5.74) is 0.667.